The quantitative estimate of drug-likeness (QED) is 0.558. The van der Waals surface area contributed by atoms with E-state index >= 15 is 0 Å². The largest absolute Gasteiger partial charge is 0.335 e. The van der Waals surface area contributed by atoms with E-state index in [9.17, 15) is 18.0 Å². The maximum atomic E-state index is 12.9. The Hall–Kier alpha value is -2.43. The molecule has 0 spiro atoms. The first-order valence-corrected chi connectivity index (χ1v) is 12.6. The monoisotopic (exact) mass is 464 g/mol. The zero-order valence-corrected chi connectivity index (χ0v) is 19.7. The fraction of sp³-hybridized carbons (Fsp3) is 0.381. The van der Waals surface area contributed by atoms with Crippen LogP contribution in [-0.4, -0.2) is 61.8 Å². The van der Waals surface area contributed by atoms with Gasteiger partial charge in [-0.2, -0.15) is 16.5 Å². The number of aryl methyl sites for hydroxylation is 2. The molecule has 0 aliphatic heterocycles. The van der Waals surface area contributed by atoms with Crippen molar-refractivity contribution in [3.05, 3.63) is 53.7 Å². The van der Waals surface area contributed by atoms with Crippen LogP contribution >= 0.6 is 11.8 Å². The number of carbonyl (C=O) groups is 2. The minimum absolute atomic E-state index is 0.0889. The van der Waals surface area contributed by atoms with Crippen molar-refractivity contribution < 1.29 is 18.0 Å². The van der Waals surface area contributed by atoms with Crippen LogP contribution in [0.1, 0.15) is 17.5 Å². The van der Waals surface area contributed by atoms with Gasteiger partial charge in [0.25, 0.3) is 0 Å². The number of hydrogen-bond acceptors (Lipinski definition) is 6. The molecule has 2 N–H and O–H groups in total. The lowest BCUT2D eigenvalue weighted by atomic mass is 10.2. The molecule has 0 saturated carbocycles. The Morgan fingerprint density at radius 1 is 1.13 bits per heavy atom. The van der Waals surface area contributed by atoms with Crippen molar-refractivity contribution in [2.24, 2.45) is 0 Å². The fourth-order valence-electron chi connectivity index (χ4n) is 2.79. The molecule has 168 valence electrons. The normalized spacial score (nSPS) is 12.3. The van der Waals surface area contributed by atoms with E-state index in [1.165, 1.54) is 35.8 Å². The third kappa shape index (κ3) is 7.64. The summed E-state index contributed by atoms with van der Waals surface area (Å²) in [7, 11) is -2.41. The molecule has 1 heterocycles. The minimum Gasteiger partial charge on any atom is -0.335 e. The summed E-state index contributed by atoms with van der Waals surface area (Å²) in [4.78, 5) is 30.6. The Kier molecular flexibility index (Phi) is 9.02. The summed E-state index contributed by atoms with van der Waals surface area (Å²) in [5.41, 5.74) is 1.88. The number of likely N-dealkylation sites (N-methyl/N-ethyl adjacent to an activating group) is 1. The van der Waals surface area contributed by atoms with E-state index < -0.39 is 27.9 Å². The van der Waals surface area contributed by atoms with Gasteiger partial charge < -0.3 is 10.2 Å². The SMILES string of the molecule is CSCCC(NS(=O)(=O)c1ccc(C)cc1)C(=O)N(C)CC(=O)Nc1cc(C)ccn1. The van der Waals surface area contributed by atoms with Gasteiger partial charge in [-0.3, -0.25) is 9.59 Å². The van der Waals surface area contributed by atoms with Crippen LogP contribution < -0.4 is 10.0 Å². The molecule has 0 aliphatic carbocycles. The maximum Gasteiger partial charge on any atom is 0.245 e. The van der Waals surface area contributed by atoms with Gasteiger partial charge in [-0.25, -0.2) is 13.4 Å². The zero-order valence-electron chi connectivity index (χ0n) is 18.1. The van der Waals surface area contributed by atoms with Crippen LogP contribution in [0, 0.1) is 13.8 Å². The summed E-state index contributed by atoms with van der Waals surface area (Å²) >= 11 is 1.51. The highest BCUT2D eigenvalue weighted by molar-refractivity contribution is 7.98. The van der Waals surface area contributed by atoms with Gasteiger partial charge in [0.2, 0.25) is 21.8 Å². The van der Waals surface area contributed by atoms with Crippen LogP contribution in [-0.2, 0) is 19.6 Å². The van der Waals surface area contributed by atoms with Gasteiger partial charge in [-0.05, 0) is 62.1 Å². The standard InChI is InChI=1S/C21H28N4O4S2/c1-15-5-7-17(8-6-15)31(28,29)24-18(10-12-30-4)21(27)25(3)14-20(26)23-19-13-16(2)9-11-22-19/h5-9,11,13,18,24H,10,12,14H2,1-4H3,(H,22,23,26). The van der Waals surface area contributed by atoms with Crippen molar-refractivity contribution in [1.29, 1.82) is 0 Å². The average Bonchev–Trinajstić information content (AvgIpc) is 2.70. The first kappa shape index (κ1) is 24.8. The molecule has 0 radical (unpaired) electrons. The van der Waals surface area contributed by atoms with Crippen LogP contribution in [0.3, 0.4) is 0 Å². The molecule has 0 fully saturated rings. The first-order valence-electron chi connectivity index (χ1n) is 9.68. The molecule has 1 atom stereocenters. The van der Waals surface area contributed by atoms with Gasteiger partial charge in [0.15, 0.2) is 0 Å². The van der Waals surface area contributed by atoms with Gasteiger partial charge >= 0.3 is 0 Å². The molecule has 31 heavy (non-hydrogen) atoms. The van der Waals surface area contributed by atoms with Crippen LogP contribution in [0.4, 0.5) is 5.82 Å². The number of anilines is 1. The van der Waals surface area contributed by atoms with Gasteiger partial charge in [0.05, 0.1) is 11.4 Å². The van der Waals surface area contributed by atoms with Crippen LogP contribution in [0.5, 0.6) is 0 Å². The summed E-state index contributed by atoms with van der Waals surface area (Å²) in [6, 6.07) is 8.94. The third-order valence-electron chi connectivity index (χ3n) is 4.48. The Morgan fingerprint density at radius 2 is 1.81 bits per heavy atom. The minimum atomic E-state index is -3.88. The second-order valence-corrected chi connectivity index (χ2v) is 9.93. The molecular weight excluding hydrogens is 436 g/mol. The predicted octanol–water partition coefficient (Wildman–Crippen LogP) is 2.20. The van der Waals surface area contributed by atoms with Crippen LogP contribution in [0.15, 0.2) is 47.5 Å². The smallest absolute Gasteiger partial charge is 0.245 e. The molecule has 10 heteroatoms. The van der Waals surface area contributed by atoms with Gasteiger partial charge in [-0.15, -0.1) is 0 Å². The highest BCUT2D eigenvalue weighted by Gasteiger charge is 2.28. The highest BCUT2D eigenvalue weighted by atomic mass is 32.2. The van der Waals surface area contributed by atoms with E-state index in [1.54, 1.807) is 24.4 Å². The maximum absolute atomic E-state index is 12.9. The Balaban J connectivity index is 2.08. The number of nitrogens with zero attached hydrogens (tertiary/aromatic N) is 2. The Morgan fingerprint density at radius 3 is 2.42 bits per heavy atom. The molecule has 0 aliphatic rings. The number of amides is 2. The summed E-state index contributed by atoms with van der Waals surface area (Å²) in [5.74, 6) is 0.0842. The molecule has 2 amide bonds. The third-order valence-corrected chi connectivity index (χ3v) is 6.61. The zero-order chi connectivity index (χ0) is 23.0. The molecule has 2 rings (SSSR count). The van der Waals surface area contributed by atoms with E-state index in [4.69, 9.17) is 0 Å². The Labute approximate surface area is 187 Å². The predicted molar refractivity (Wildman–Crippen MR) is 124 cm³/mol. The summed E-state index contributed by atoms with van der Waals surface area (Å²) in [6.45, 7) is 3.51. The molecule has 0 saturated heterocycles. The second-order valence-electron chi connectivity index (χ2n) is 7.23. The van der Waals surface area contributed by atoms with Gasteiger partial charge in [-0.1, -0.05) is 17.7 Å². The second kappa shape index (κ2) is 11.3. The van der Waals surface area contributed by atoms with Gasteiger partial charge in [0.1, 0.15) is 11.9 Å². The van der Waals surface area contributed by atoms with Crippen molar-refractivity contribution in [2.75, 3.05) is 30.9 Å². The molecule has 2 aromatic rings. The fourth-order valence-corrected chi connectivity index (χ4v) is 4.48. The van der Waals surface area contributed by atoms with Crippen molar-refractivity contribution in [2.45, 2.75) is 31.2 Å². The number of carbonyl (C=O) groups excluding carboxylic acids is 2. The summed E-state index contributed by atoms with van der Waals surface area (Å²) < 4.78 is 28.0. The molecular formula is C21H28N4O4S2. The lowest BCUT2D eigenvalue weighted by Gasteiger charge is -2.24. The van der Waals surface area contributed by atoms with Crippen molar-refractivity contribution in [3.8, 4) is 0 Å². The molecule has 0 bridgehead atoms. The van der Waals surface area contributed by atoms with E-state index in [-0.39, 0.29) is 11.4 Å². The van der Waals surface area contributed by atoms with E-state index in [1.807, 2.05) is 26.2 Å². The van der Waals surface area contributed by atoms with Crippen molar-refractivity contribution in [1.82, 2.24) is 14.6 Å². The summed E-state index contributed by atoms with van der Waals surface area (Å²) in [6.07, 6.45) is 3.76. The topological polar surface area (TPSA) is 108 Å². The van der Waals surface area contributed by atoms with E-state index in [2.05, 4.69) is 15.0 Å². The van der Waals surface area contributed by atoms with E-state index in [0.29, 0.717) is 18.0 Å². The number of pyridine rings is 1. The van der Waals surface area contributed by atoms with Crippen molar-refractivity contribution >= 4 is 39.4 Å². The highest BCUT2D eigenvalue weighted by Crippen LogP contribution is 2.13. The number of aromatic nitrogens is 1. The van der Waals surface area contributed by atoms with Gasteiger partial charge in [0, 0.05) is 13.2 Å². The van der Waals surface area contributed by atoms with Crippen LogP contribution in [0.2, 0.25) is 0 Å². The number of thioether (sulfide) groups is 1. The van der Waals surface area contributed by atoms with E-state index in [0.717, 1.165) is 11.1 Å². The first-order chi connectivity index (χ1) is 14.6. The molecule has 1 aromatic heterocycles. The number of rotatable bonds is 10. The van der Waals surface area contributed by atoms with Crippen LogP contribution in [0.25, 0.3) is 0 Å². The molecule has 8 nitrogen and oxygen atoms in total. The molecule has 1 aromatic carbocycles. The number of nitrogens with one attached hydrogen (secondary N) is 2. The van der Waals surface area contributed by atoms with Crippen molar-refractivity contribution in [3.63, 3.8) is 0 Å². The Bertz CT molecular complexity index is 1010. The lowest BCUT2D eigenvalue weighted by molar-refractivity contribution is -0.134. The number of hydrogen-bond donors (Lipinski definition) is 2. The number of sulfonamides is 1. The lowest BCUT2D eigenvalue weighted by Crippen LogP contribution is -2.49. The summed E-state index contributed by atoms with van der Waals surface area (Å²) in [5, 5.41) is 2.64. The average molecular weight is 465 g/mol. The number of benzene rings is 1. The molecule has 1 unspecified atom stereocenters.